The summed E-state index contributed by atoms with van der Waals surface area (Å²) in [5.41, 5.74) is 5.14. The molecule has 8 nitrogen and oxygen atoms in total. The number of nitrogens with two attached hydrogens (primary N) is 1. The molecular formula is C9H16N2O6. The maximum absolute atomic E-state index is 11.2. The maximum Gasteiger partial charge on any atom is 0.326 e. The van der Waals surface area contributed by atoms with Gasteiger partial charge in [0.15, 0.2) is 0 Å². The minimum absolute atomic E-state index is 0.197. The van der Waals surface area contributed by atoms with Crippen molar-refractivity contribution in [2.24, 2.45) is 5.73 Å². The van der Waals surface area contributed by atoms with Gasteiger partial charge in [-0.1, -0.05) is 0 Å². The van der Waals surface area contributed by atoms with Crippen LogP contribution in [0.4, 0.5) is 0 Å². The van der Waals surface area contributed by atoms with Crippen molar-refractivity contribution in [1.82, 2.24) is 5.32 Å². The zero-order valence-corrected chi connectivity index (χ0v) is 9.47. The number of hydrogen-bond donors (Lipinski definition) is 3. The van der Waals surface area contributed by atoms with Gasteiger partial charge in [0.05, 0.1) is 20.1 Å². The Morgan fingerprint density at radius 1 is 1.41 bits per heavy atom. The average molecular weight is 248 g/mol. The molecule has 0 aliphatic carbocycles. The summed E-state index contributed by atoms with van der Waals surface area (Å²) in [5, 5.41) is 10.9. The number of methoxy groups -OCH3 is 1. The van der Waals surface area contributed by atoms with Gasteiger partial charge in [-0.15, -0.1) is 0 Å². The lowest BCUT2D eigenvalue weighted by molar-refractivity contribution is -0.149. The molecule has 0 fully saturated rings. The molecular weight excluding hydrogens is 232 g/mol. The van der Waals surface area contributed by atoms with Gasteiger partial charge in [-0.05, 0) is 0 Å². The molecule has 4 N–H and O–H groups in total. The molecule has 0 radical (unpaired) electrons. The summed E-state index contributed by atoms with van der Waals surface area (Å²) in [5.74, 6) is -2.67. The van der Waals surface area contributed by atoms with Crippen molar-refractivity contribution >= 4 is 17.8 Å². The normalized spacial score (nSPS) is 11.6. The average Bonchev–Trinajstić information content (AvgIpc) is 2.28. The second-order valence-electron chi connectivity index (χ2n) is 3.08. The van der Waals surface area contributed by atoms with Crippen LogP contribution in [0.1, 0.15) is 6.42 Å². The summed E-state index contributed by atoms with van der Waals surface area (Å²) in [7, 11) is 1.13. The van der Waals surface area contributed by atoms with E-state index in [-0.39, 0.29) is 19.8 Å². The first-order chi connectivity index (χ1) is 8.01. The van der Waals surface area contributed by atoms with Crippen molar-refractivity contribution in [3.8, 4) is 0 Å². The Balaban J connectivity index is 4.11. The number of carbonyl (C=O) groups is 3. The fourth-order valence-electron chi connectivity index (χ4n) is 0.934. The Labute approximate surface area is 98.1 Å². The van der Waals surface area contributed by atoms with Crippen molar-refractivity contribution in [1.29, 1.82) is 0 Å². The first-order valence-electron chi connectivity index (χ1n) is 4.88. The predicted octanol–water partition coefficient (Wildman–Crippen LogP) is -1.91. The maximum atomic E-state index is 11.2. The minimum Gasteiger partial charge on any atom is -0.480 e. The molecule has 0 unspecified atom stereocenters. The fourth-order valence-corrected chi connectivity index (χ4v) is 0.934. The van der Waals surface area contributed by atoms with Gasteiger partial charge >= 0.3 is 11.9 Å². The third-order valence-electron chi connectivity index (χ3n) is 1.73. The smallest absolute Gasteiger partial charge is 0.326 e. The van der Waals surface area contributed by atoms with E-state index >= 15 is 0 Å². The molecule has 0 rings (SSSR count). The molecule has 98 valence electrons. The SMILES string of the molecule is COC(=O)C[C@H](NC(=O)COCCN)C(=O)O. The van der Waals surface area contributed by atoms with E-state index in [9.17, 15) is 14.4 Å². The molecule has 0 aromatic heterocycles. The molecule has 17 heavy (non-hydrogen) atoms. The first kappa shape index (κ1) is 15.3. The zero-order valence-electron chi connectivity index (χ0n) is 9.47. The van der Waals surface area contributed by atoms with Gasteiger partial charge in [-0.3, -0.25) is 9.59 Å². The van der Waals surface area contributed by atoms with Crippen LogP contribution in [0.3, 0.4) is 0 Å². The number of esters is 1. The van der Waals surface area contributed by atoms with Crippen LogP contribution in [-0.2, 0) is 23.9 Å². The number of amides is 1. The molecule has 0 saturated carbocycles. The molecule has 0 aromatic carbocycles. The van der Waals surface area contributed by atoms with Crippen LogP contribution in [0.5, 0.6) is 0 Å². The predicted molar refractivity (Wildman–Crippen MR) is 56.1 cm³/mol. The number of aliphatic carboxylic acids is 1. The number of carboxylic acids is 1. The van der Waals surface area contributed by atoms with Gasteiger partial charge in [0.25, 0.3) is 0 Å². The molecule has 0 aliphatic rings. The second kappa shape index (κ2) is 8.48. The summed E-state index contributed by atoms with van der Waals surface area (Å²) in [6.07, 6.45) is -0.436. The lowest BCUT2D eigenvalue weighted by Gasteiger charge is -2.13. The Hall–Kier alpha value is -1.67. The molecule has 0 heterocycles. The Morgan fingerprint density at radius 2 is 2.06 bits per heavy atom. The number of hydrogen-bond acceptors (Lipinski definition) is 6. The van der Waals surface area contributed by atoms with Gasteiger partial charge in [0.1, 0.15) is 12.6 Å². The number of nitrogens with one attached hydrogen (secondary N) is 1. The summed E-state index contributed by atoms with van der Waals surface area (Å²) < 4.78 is 9.12. The topological polar surface area (TPSA) is 128 Å². The molecule has 1 amide bonds. The Bertz CT molecular complexity index is 281. The highest BCUT2D eigenvalue weighted by molar-refractivity contribution is 5.87. The van der Waals surface area contributed by atoms with E-state index in [2.05, 4.69) is 10.1 Å². The molecule has 1 atom stereocenters. The molecule has 0 aliphatic heterocycles. The van der Waals surface area contributed by atoms with Gasteiger partial charge < -0.3 is 25.6 Å². The van der Waals surface area contributed by atoms with Gasteiger partial charge in [0, 0.05) is 6.54 Å². The van der Waals surface area contributed by atoms with Crippen LogP contribution >= 0.6 is 0 Å². The van der Waals surface area contributed by atoms with Crippen molar-refractivity contribution in [3.63, 3.8) is 0 Å². The third-order valence-corrected chi connectivity index (χ3v) is 1.73. The highest BCUT2D eigenvalue weighted by Crippen LogP contribution is 1.95. The largest absolute Gasteiger partial charge is 0.480 e. The van der Waals surface area contributed by atoms with E-state index in [1.165, 1.54) is 0 Å². The molecule has 0 spiro atoms. The highest BCUT2D eigenvalue weighted by Gasteiger charge is 2.23. The third kappa shape index (κ3) is 7.25. The standard InChI is InChI=1S/C9H16N2O6/c1-16-8(13)4-6(9(14)15)11-7(12)5-17-3-2-10/h6H,2-5,10H2,1H3,(H,11,12)(H,14,15)/t6-/m0/s1. The molecule has 0 aromatic rings. The summed E-state index contributed by atoms with van der Waals surface area (Å²) in [4.78, 5) is 32.8. The van der Waals surface area contributed by atoms with Crippen LogP contribution < -0.4 is 11.1 Å². The summed E-state index contributed by atoms with van der Waals surface area (Å²) in [6.45, 7) is 0.155. The highest BCUT2D eigenvalue weighted by atomic mass is 16.5. The van der Waals surface area contributed by atoms with Crippen molar-refractivity contribution < 1.29 is 29.0 Å². The zero-order chi connectivity index (χ0) is 13.3. The lowest BCUT2D eigenvalue weighted by atomic mass is 10.2. The van der Waals surface area contributed by atoms with E-state index in [4.69, 9.17) is 15.6 Å². The van der Waals surface area contributed by atoms with Gasteiger partial charge in [-0.2, -0.15) is 0 Å². The van der Waals surface area contributed by atoms with Gasteiger partial charge in [-0.25, -0.2) is 4.79 Å². The van der Waals surface area contributed by atoms with Crippen LogP contribution in [0, 0.1) is 0 Å². The number of ether oxygens (including phenoxy) is 2. The number of carboxylic acid groups (broad SMARTS) is 1. The minimum atomic E-state index is -1.32. The number of carbonyl (C=O) groups excluding carboxylic acids is 2. The second-order valence-corrected chi connectivity index (χ2v) is 3.08. The Morgan fingerprint density at radius 3 is 2.53 bits per heavy atom. The van der Waals surface area contributed by atoms with Crippen LogP contribution in [0.15, 0.2) is 0 Å². The monoisotopic (exact) mass is 248 g/mol. The van der Waals surface area contributed by atoms with E-state index in [0.717, 1.165) is 7.11 Å². The number of rotatable bonds is 8. The van der Waals surface area contributed by atoms with Crippen molar-refractivity contribution in [3.05, 3.63) is 0 Å². The van der Waals surface area contributed by atoms with Crippen molar-refractivity contribution in [2.75, 3.05) is 26.9 Å². The summed E-state index contributed by atoms with van der Waals surface area (Å²) in [6, 6.07) is -1.32. The van der Waals surface area contributed by atoms with E-state index in [1.807, 2.05) is 0 Å². The first-order valence-corrected chi connectivity index (χ1v) is 4.88. The Kier molecular flexibility index (Phi) is 7.65. The molecule has 0 saturated heterocycles. The van der Waals surface area contributed by atoms with E-state index < -0.39 is 30.3 Å². The van der Waals surface area contributed by atoms with Gasteiger partial charge in [0.2, 0.25) is 5.91 Å². The summed E-state index contributed by atoms with van der Waals surface area (Å²) >= 11 is 0. The lowest BCUT2D eigenvalue weighted by Crippen LogP contribution is -2.44. The van der Waals surface area contributed by atoms with E-state index in [0.29, 0.717) is 0 Å². The van der Waals surface area contributed by atoms with Crippen LogP contribution in [-0.4, -0.2) is 55.9 Å². The van der Waals surface area contributed by atoms with Crippen LogP contribution in [0.25, 0.3) is 0 Å². The molecule has 8 heteroatoms. The quantitative estimate of drug-likeness (QED) is 0.338. The van der Waals surface area contributed by atoms with Crippen LogP contribution in [0.2, 0.25) is 0 Å². The van der Waals surface area contributed by atoms with Crippen molar-refractivity contribution in [2.45, 2.75) is 12.5 Å². The fraction of sp³-hybridized carbons (Fsp3) is 0.667. The molecule has 0 bridgehead atoms. The van der Waals surface area contributed by atoms with E-state index in [1.54, 1.807) is 0 Å².